The van der Waals surface area contributed by atoms with Gasteiger partial charge in [0.1, 0.15) is 5.75 Å². The van der Waals surface area contributed by atoms with Gasteiger partial charge in [-0.1, -0.05) is 12.1 Å². The molecule has 0 radical (unpaired) electrons. The Kier molecular flexibility index (Phi) is 5.70. The molecular formula is C13H17NO4. The zero-order chi connectivity index (χ0) is 13.4. The van der Waals surface area contributed by atoms with E-state index in [-0.39, 0.29) is 13.0 Å². The molecule has 0 unspecified atom stereocenters. The summed E-state index contributed by atoms with van der Waals surface area (Å²) in [5.74, 6) is -0.318. The van der Waals surface area contributed by atoms with Gasteiger partial charge in [-0.2, -0.15) is 0 Å². The van der Waals surface area contributed by atoms with Crippen molar-refractivity contribution in [1.82, 2.24) is 0 Å². The second kappa shape index (κ2) is 7.32. The molecule has 1 amide bonds. The van der Waals surface area contributed by atoms with Gasteiger partial charge in [0.25, 0.3) is 5.91 Å². The van der Waals surface area contributed by atoms with Crippen LogP contribution in [0.25, 0.3) is 0 Å². The van der Waals surface area contributed by atoms with Crippen molar-refractivity contribution in [3.05, 3.63) is 29.8 Å². The van der Waals surface area contributed by atoms with Crippen LogP contribution in [-0.2, 0) is 14.3 Å². The first-order valence-electron chi connectivity index (χ1n) is 5.71. The van der Waals surface area contributed by atoms with Crippen LogP contribution in [0.15, 0.2) is 24.3 Å². The van der Waals surface area contributed by atoms with Crippen LogP contribution in [0.3, 0.4) is 0 Å². The molecule has 0 heterocycles. The smallest absolute Gasteiger partial charge is 0.306 e. The number of primary amides is 1. The van der Waals surface area contributed by atoms with Gasteiger partial charge >= 0.3 is 5.97 Å². The van der Waals surface area contributed by atoms with Crippen LogP contribution < -0.4 is 10.5 Å². The molecule has 0 aliphatic rings. The lowest BCUT2D eigenvalue weighted by Crippen LogP contribution is -2.21. The first-order valence-corrected chi connectivity index (χ1v) is 5.71. The minimum atomic E-state index is -0.653. The number of rotatable bonds is 7. The maximum absolute atomic E-state index is 11.1. The van der Waals surface area contributed by atoms with Crippen molar-refractivity contribution in [2.75, 3.05) is 13.2 Å². The summed E-state index contributed by atoms with van der Waals surface area (Å²) in [5.41, 5.74) is 5.96. The molecule has 0 aliphatic heterocycles. The summed E-state index contributed by atoms with van der Waals surface area (Å²) < 4.78 is 10.1. The van der Waals surface area contributed by atoms with Crippen molar-refractivity contribution in [2.45, 2.75) is 19.8 Å². The molecule has 0 aliphatic carbocycles. The molecule has 0 bridgehead atoms. The normalized spacial score (nSPS) is 9.83. The molecule has 5 heteroatoms. The van der Waals surface area contributed by atoms with Gasteiger partial charge in [0.05, 0.1) is 6.61 Å². The molecule has 5 nitrogen and oxygen atoms in total. The zero-order valence-electron chi connectivity index (χ0n) is 10.3. The van der Waals surface area contributed by atoms with E-state index in [2.05, 4.69) is 4.74 Å². The number of carbonyl (C=O) groups is 2. The predicted octanol–water partition coefficient (Wildman–Crippen LogP) is 1.18. The van der Waals surface area contributed by atoms with E-state index < -0.39 is 11.9 Å². The number of carbonyl (C=O) groups excluding carboxylic acids is 2. The van der Waals surface area contributed by atoms with Crippen LogP contribution in [0, 0.1) is 6.92 Å². The maximum atomic E-state index is 11.1. The summed E-state index contributed by atoms with van der Waals surface area (Å²) in [6, 6.07) is 7.67. The third-order valence-electron chi connectivity index (χ3n) is 2.16. The summed E-state index contributed by atoms with van der Waals surface area (Å²) in [4.78, 5) is 21.5. The van der Waals surface area contributed by atoms with E-state index in [1.54, 1.807) is 0 Å². The minimum Gasteiger partial charge on any atom is -0.494 e. The lowest BCUT2D eigenvalue weighted by molar-refractivity contribution is -0.147. The van der Waals surface area contributed by atoms with Gasteiger partial charge in [-0.15, -0.1) is 0 Å². The molecule has 0 saturated carbocycles. The average molecular weight is 251 g/mol. The van der Waals surface area contributed by atoms with Crippen LogP contribution in [0.2, 0.25) is 0 Å². The number of esters is 1. The number of hydrogen-bond acceptors (Lipinski definition) is 4. The highest BCUT2D eigenvalue weighted by molar-refractivity contribution is 5.78. The average Bonchev–Trinajstić information content (AvgIpc) is 2.32. The van der Waals surface area contributed by atoms with Crippen molar-refractivity contribution < 1.29 is 19.1 Å². The molecule has 2 N–H and O–H groups in total. The quantitative estimate of drug-likeness (QED) is 0.583. The summed E-state index contributed by atoms with van der Waals surface area (Å²) in [6.45, 7) is 2.04. The zero-order valence-corrected chi connectivity index (χ0v) is 10.3. The Morgan fingerprint density at radius 1 is 1.33 bits per heavy atom. The van der Waals surface area contributed by atoms with Crippen LogP contribution in [0.1, 0.15) is 18.4 Å². The predicted molar refractivity (Wildman–Crippen MR) is 66.1 cm³/mol. The number of aryl methyl sites for hydroxylation is 1. The molecule has 0 atom stereocenters. The van der Waals surface area contributed by atoms with E-state index in [0.717, 1.165) is 11.3 Å². The lowest BCUT2D eigenvalue weighted by atomic mass is 10.2. The van der Waals surface area contributed by atoms with E-state index >= 15 is 0 Å². The molecule has 98 valence electrons. The number of ether oxygens (including phenoxy) is 2. The summed E-state index contributed by atoms with van der Waals surface area (Å²) in [7, 11) is 0. The minimum absolute atomic E-state index is 0.207. The first kappa shape index (κ1) is 14.0. The van der Waals surface area contributed by atoms with Gasteiger partial charge in [-0.05, 0) is 31.0 Å². The molecular weight excluding hydrogens is 234 g/mol. The Morgan fingerprint density at radius 2 is 2.11 bits per heavy atom. The molecule has 0 spiro atoms. The van der Waals surface area contributed by atoms with Crippen LogP contribution in [-0.4, -0.2) is 25.1 Å². The molecule has 0 fully saturated rings. The first-order chi connectivity index (χ1) is 8.58. The van der Waals surface area contributed by atoms with Gasteiger partial charge in [0.2, 0.25) is 0 Å². The van der Waals surface area contributed by atoms with Crippen LogP contribution >= 0.6 is 0 Å². The third kappa shape index (κ3) is 5.89. The van der Waals surface area contributed by atoms with E-state index in [1.807, 2.05) is 31.2 Å². The molecule has 1 aromatic rings. The van der Waals surface area contributed by atoms with Crippen molar-refractivity contribution in [3.63, 3.8) is 0 Å². The van der Waals surface area contributed by atoms with Crippen LogP contribution in [0.4, 0.5) is 0 Å². The fraction of sp³-hybridized carbons (Fsp3) is 0.385. The molecule has 18 heavy (non-hydrogen) atoms. The van der Waals surface area contributed by atoms with Gasteiger partial charge < -0.3 is 15.2 Å². The molecule has 1 aromatic carbocycles. The Labute approximate surface area is 106 Å². The topological polar surface area (TPSA) is 78.6 Å². The maximum Gasteiger partial charge on any atom is 0.306 e. The highest BCUT2D eigenvalue weighted by atomic mass is 16.5. The fourth-order valence-electron chi connectivity index (χ4n) is 1.34. The number of benzene rings is 1. The summed E-state index contributed by atoms with van der Waals surface area (Å²) in [6.07, 6.45) is 0.741. The highest BCUT2D eigenvalue weighted by Crippen LogP contribution is 2.12. The standard InChI is InChI=1S/C13H17NO4/c1-10-4-2-5-11(8-10)17-7-3-6-13(16)18-9-12(14)15/h2,4-5,8H,3,6-7,9H2,1H3,(H2,14,15). The molecule has 1 rings (SSSR count). The largest absolute Gasteiger partial charge is 0.494 e. The van der Waals surface area contributed by atoms with Crippen molar-refractivity contribution in [1.29, 1.82) is 0 Å². The van der Waals surface area contributed by atoms with Gasteiger partial charge in [-0.3, -0.25) is 9.59 Å². The molecule has 0 aromatic heterocycles. The van der Waals surface area contributed by atoms with E-state index in [9.17, 15) is 9.59 Å². The number of hydrogen-bond donors (Lipinski definition) is 1. The number of amides is 1. The lowest BCUT2D eigenvalue weighted by Gasteiger charge is -2.06. The Balaban J connectivity index is 2.15. The summed E-state index contributed by atoms with van der Waals surface area (Å²) >= 11 is 0. The Bertz CT molecular complexity index is 417. The summed E-state index contributed by atoms with van der Waals surface area (Å²) in [5, 5.41) is 0. The van der Waals surface area contributed by atoms with Crippen molar-refractivity contribution in [2.24, 2.45) is 5.73 Å². The Morgan fingerprint density at radius 3 is 2.78 bits per heavy atom. The van der Waals surface area contributed by atoms with Gasteiger partial charge in [0.15, 0.2) is 6.61 Å². The second-order valence-corrected chi connectivity index (χ2v) is 3.90. The monoisotopic (exact) mass is 251 g/mol. The fourth-order valence-corrected chi connectivity index (χ4v) is 1.34. The second-order valence-electron chi connectivity index (χ2n) is 3.90. The SMILES string of the molecule is Cc1cccc(OCCCC(=O)OCC(N)=O)c1. The van der Waals surface area contributed by atoms with Crippen molar-refractivity contribution in [3.8, 4) is 5.75 Å². The van der Waals surface area contributed by atoms with Gasteiger partial charge in [0, 0.05) is 6.42 Å². The van der Waals surface area contributed by atoms with E-state index in [0.29, 0.717) is 13.0 Å². The van der Waals surface area contributed by atoms with Crippen molar-refractivity contribution >= 4 is 11.9 Å². The molecule has 0 saturated heterocycles. The van der Waals surface area contributed by atoms with Crippen LogP contribution in [0.5, 0.6) is 5.75 Å². The Hall–Kier alpha value is -2.04. The third-order valence-corrected chi connectivity index (χ3v) is 2.16. The highest BCUT2D eigenvalue weighted by Gasteiger charge is 2.04. The van der Waals surface area contributed by atoms with E-state index in [1.165, 1.54) is 0 Å². The van der Waals surface area contributed by atoms with Gasteiger partial charge in [-0.25, -0.2) is 0 Å². The number of nitrogens with two attached hydrogens (primary N) is 1. The van der Waals surface area contributed by atoms with E-state index in [4.69, 9.17) is 10.5 Å².